The molecule has 0 aliphatic rings. The first-order chi connectivity index (χ1) is 9.75. The van der Waals surface area contributed by atoms with Gasteiger partial charge >= 0.3 is 0 Å². The monoisotopic (exact) mass is 348 g/mol. The Kier molecular flexibility index (Phi) is 4.63. The van der Waals surface area contributed by atoms with Crippen molar-refractivity contribution < 1.29 is 13.2 Å². The SMILES string of the molecule is COCc1nn(-c2ccc(C)cc2C)c(Cl)c1S(=O)(=O)Cl. The molecule has 1 aromatic carbocycles. The molecule has 0 unspecified atom stereocenters. The van der Waals surface area contributed by atoms with Crippen LogP contribution in [-0.4, -0.2) is 25.3 Å². The van der Waals surface area contributed by atoms with Crippen molar-refractivity contribution in [3.05, 3.63) is 40.2 Å². The van der Waals surface area contributed by atoms with E-state index in [1.807, 2.05) is 32.0 Å². The number of hydrogen-bond donors (Lipinski definition) is 0. The highest BCUT2D eigenvalue weighted by molar-refractivity contribution is 8.13. The standard InChI is InChI=1S/C13H14Cl2N2O3S/c1-8-4-5-11(9(2)6-8)17-13(14)12(21(15,18)19)10(16-17)7-20-3/h4-6H,7H2,1-3H3. The molecule has 0 amide bonds. The van der Waals surface area contributed by atoms with Crippen LogP contribution >= 0.6 is 22.3 Å². The normalized spacial score (nSPS) is 11.9. The second-order valence-corrected chi connectivity index (χ2v) is 7.50. The van der Waals surface area contributed by atoms with Gasteiger partial charge in [0.05, 0.1) is 12.3 Å². The summed E-state index contributed by atoms with van der Waals surface area (Å²) in [6.07, 6.45) is 0. The molecule has 0 saturated carbocycles. The third-order valence-corrected chi connectivity index (χ3v) is 4.80. The molecule has 21 heavy (non-hydrogen) atoms. The van der Waals surface area contributed by atoms with Crippen molar-refractivity contribution in [1.29, 1.82) is 0 Å². The average Bonchev–Trinajstić information content (AvgIpc) is 2.66. The van der Waals surface area contributed by atoms with E-state index in [0.717, 1.165) is 11.1 Å². The van der Waals surface area contributed by atoms with Gasteiger partial charge in [-0.2, -0.15) is 5.10 Å². The number of halogens is 2. The van der Waals surface area contributed by atoms with E-state index in [-0.39, 0.29) is 22.3 Å². The van der Waals surface area contributed by atoms with Crippen LogP contribution in [0.5, 0.6) is 0 Å². The van der Waals surface area contributed by atoms with Crippen LogP contribution in [0.2, 0.25) is 5.15 Å². The maximum absolute atomic E-state index is 11.7. The van der Waals surface area contributed by atoms with Crippen molar-refractivity contribution in [2.75, 3.05) is 7.11 Å². The number of nitrogens with zero attached hydrogens (tertiary/aromatic N) is 2. The van der Waals surface area contributed by atoms with Crippen LogP contribution in [-0.2, 0) is 20.4 Å². The van der Waals surface area contributed by atoms with E-state index in [2.05, 4.69) is 5.10 Å². The number of rotatable bonds is 4. The first-order valence-electron chi connectivity index (χ1n) is 6.04. The van der Waals surface area contributed by atoms with Crippen LogP contribution < -0.4 is 0 Å². The van der Waals surface area contributed by atoms with Crippen LogP contribution in [0.3, 0.4) is 0 Å². The van der Waals surface area contributed by atoms with Gasteiger partial charge in [0.2, 0.25) is 0 Å². The number of aryl methyl sites for hydroxylation is 2. The molecular weight excluding hydrogens is 335 g/mol. The van der Waals surface area contributed by atoms with Crippen LogP contribution in [0.1, 0.15) is 16.8 Å². The Hall–Kier alpha value is -1.08. The predicted octanol–water partition coefficient (Wildman–Crippen LogP) is 3.22. The molecule has 0 saturated heterocycles. The first-order valence-corrected chi connectivity index (χ1v) is 8.73. The van der Waals surface area contributed by atoms with E-state index in [0.29, 0.717) is 5.69 Å². The third kappa shape index (κ3) is 3.23. The summed E-state index contributed by atoms with van der Waals surface area (Å²) in [5, 5.41) is 4.17. The van der Waals surface area contributed by atoms with Crippen LogP contribution in [0.25, 0.3) is 5.69 Å². The zero-order valence-corrected chi connectivity index (χ0v) is 14.1. The molecule has 0 atom stereocenters. The zero-order chi connectivity index (χ0) is 15.8. The molecule has 8 heteroatoms. The largest absolute Gasteiger partial charge is 0.378 e. The highest BCUT2D eigenvalue weighted by Gasteiger charge is 2.27. The lowest BCUT2D eigenvalue weighted by molar-refractivity contribution is 0.179. The molecule has 0 N–H and O–H groups in total. The van der Waals surface area contributed by atoms with Crippen LogP contribution in [0.15, 0.2) is 23.1 Å². The van der Waals surface area contributed by atoms with E-state index in [1.165, 1.54) is 11.8 Å². The molecule has 0 radical (unpaired) electrons. The van der Waals surface area contributed by atoms with Crippen molar-refractivity contribution in [3.8, 4) is 5.69 Å². The lowest BCUT2D eigenvalue weighted by Crippen LogP contribution is -2.00. The number of benzene rings is 1. The number of ether oxygens (including phenoxy) is 1. The average molecular weight is 349 g/mol. The quantitative estimate of drug-likeness (QED) is 0.796. The molecule has 114 valence electrons. The van der Waals surface area contributed by atoms with E-state index in [1.54, 1.807) is 0 Å². The van der Waals surface area contributed by atoms with Gasteiger partial charge in [-0.05, 0) is 25.5 Å². The molecule has 1 heterocycles. The minimum atomic E-state index is -4.02. The summed E-state index contributed by atoms with van der Waals surface area (Å²) in [6.45, 7) is 3.86. The minimum absolute atomic E-state index is 0.00108. The van der Waals surface area contributed by atoms with Gasteiger partial charge in [0.1, 0.15) is 10.6 Å². The van der Waals surface area contributed by atoms with Crippen molar-refractivity contribution in [3.63, 3.8) is 0 Å². The Morgan fingerprint density at radius 1 is 1.33 bits per heavy atom. The summed E-state index contributed by atoms with van der Waals surface area (Å²) in [7, 11) is 2.87. The van der Waals surface area contributed by atoms with E-state index < -0.39 is 9.05 Å². The fourth-order valence-electron chi connectivity index (χ4n) is 2.10. The van der Waals surface area contributed by atoms with Gasteiger partial charge in [-0.25, -0.2) is 13.1 Å². The van der Waals surface area contributed by atoms with Crippen molar-refractivity contribution in [2.45, 2.75) is 25.3 Å². The smallest absolute Gasteiger partial charge is 0.266 e. The lowest BCUT2D eigenvalue weighted by Gasteiger charge is -2.08. The highest BCUT2D eigenvalue weighted by atomic mass is 35.7. The molecule has 0 aliphatic heterocycles. The topological polar surface area (TPSA) is 61.2 Å². The van der Waals surface area contributed by atoms with Gasteiger partial charge < -0.3 is 4.74 Å². The third-order valence-electron chi connectivity index (χ3n) is 2.96. The molecular formula is C13H14Cl2N2O3S. The Morgan fingerprint density at radius 2 is 2.00 bits per heavy atom. The Bertz CT molecular complexity index is 785. The van der Waals surface area contributed by atoms with Gasteiger partial charge in [-0.3, -0.25) is 0 Å². The predicted molar refractivity (Wildman–Crippen MR) is 81.8 cm³/mol. The minimum Gasteiger partial charge on any atom is -0.378 e. The van der Waals surface area contributed by atoms with Crippen LogP contribution in [0, 0.1) is 13.8 Å². The number of aromatic nitrogens is 2. The lowest BCUT2D eigenvalue weighted by atomic mass is 10.1. The van der Waals surface area contributed by atoms with E-state index >= 15 is 0 Å². The van der Waals surface area contributed by atoms with E-state index in [9.17, 15) is 8.42 Å². The molecule has 5 nitrogen and oxygen atoms in total. The second-order valence-electron chi connectivity index (χ2n) is 4.64. The molecule has 0 fully saturated rings. The van der Waals surface area contributed by atoms with Crippen molar-refractivity contribution >= 4 is 31.3 Å². The summed E-state index contributed by atoms with van der Waals surface area (Å²) in [5.74, 6) is 0. The number of hydrogen-bond acceptors (Lipinski definition) is 4. The molecule has 2 aromatic rings. The fourth-order valence-corrected chi connectivity index (χ4v) is 3.92. The van der Waals surface area contributed by atoms with Gasteiger partial charge in [-0.15, -0.1) is 0 Å². The van der Waals surface area contributed by atoms with Gasteiger partial charge in [0.15, 0.2) is 5.15 Å². The van der Waals surface area contributed by atoms with Gasteiger partial charge in [-0.1, -0.05) is 29.3 Å². The summed E-state index contributed by atoms with van der Waals surface area (Å²) >= 11 is 6.18. The summed E-state index contributed by atoms with van der Waals surface area (Å²) in [5.41, 5.74) is 2.87. The fraction of sp³-hybridized carbons (Fsp3) is 0.308. The Labute approximate surface area is 132 Å². The molecule has 0 bridgehead atoms. The maximum Gasteiger partial charge on any atom is 0.266 e. The van der Waals surface area contributed by atoms with Crippen molar-refractivity contribution in [1.82, 2.24) is 9.78 Å². The summed E-state index contributed by atoms with van der Waals surface area (Å²) in [6, 6.07) is 5.67. The van der Waals surface area contributed by atoms with Gasteiger partial charge in [0, 0.05) is 17.8 Å². The second kappa shape index (κ2) is 5.96. The zero-order valence-electron chi connectivity index (χ0n) is 11.7. The summed E-state index contributed by atoms with van der Waals surface area (Å²) in [4.78, 5) is -0.215. The molecule has 1 aromatic heterocycles. The van der Waals surface area contributed by atoms with Gasteiger partial charge in [0.25, 0.3) is 9.05 Å². The molecule has 0 aliphatic carbocycles. The van der Waals surface area contributed by atoms with Crippen LogP contribution in [0.4, 0.5) is 0 Å². The summed E-state index contributed by atoms with van der Waals surface area (Å²) < 4.78 is 29.7. The molecule has 2 rings (SSSR count). The highest BCUT2D eigenvalue weighted by Crippen LogP contribution is 2.31. The van der Waals surface area contributed by atoms with Crippen molar-refractivity contribution in [2.24, 2.45) is 0 Å². The Balaban J connectivity index is 2.71. The Morgan fingerprint density at radius 3 is 2.52 bits per heavy atom. The first kappa shape index (κ1) is 16.3. The molecule has 0 spiro atoms. The number of methoxy groups -OCH3 is 1. The van der Waals surface area contributed by atoms with E-state index in [4.69, 9.17) is 27.0 Å². The maximum atomic E-state index is 11.7.